The summed E-state index contributed by atoms with van der Waals surface area (Å²) in [6, 6.07) is 19.5. The average Bonchev–Trinajstić information content (AvgIpc) is 2.68. The topological polar surface area (TPSA) is 61.4 Å². The predicted octanol–water partition coefficient (Wildman–Crippen LogP) is 4.14. The number of nitrogens with zero attached hydrogens (tertiary/aromatic N) is 1. The van der Waals surface area contributed by atoms with E-state index in [0.29, 0.717) is 22.7 Å². The molecule has 2 N–H and O–H groups in total. The van der Waals surface area contributed by atoms with Crippen LogP contribution >= 0.6 is 0 Å². The summed E-state index contributed by atoms with van der Waals surface area (Å²) in [5.74, 6) is 0. The summed E-state index contributed by atoms with van der Waals surface area (Å²) < 4.78 is 29.0. The molecule has 0 saturated carbocycles. The molecule has 1 aliphatic heterocycles. The number of fused-ring (bicyclic) bond motifs is 1. The second-order valence-corrected chi connectivity index (χ2v) is 9.62. The van der Waals surface area contributed by atoms with Crippen LogP contribution in [-0.2, 0) is 10.0 Å². The average molecular weight is 410 g/mol. The summed E-state index contributed by atoms with van der Waals surface area (Å²) in [6.45, 7) is 8.11. The quantitative estimate of drug-likeness (QED) is 0.680. The minimum atomic E-state index is -3.70. The van der Waals surface area contributed by atoms with Crippen molar-refractivity contribution in [1.82, 2.24) is 5.32 Å². The molecule has 1 saturated heterocycles. The molecule has 0 aliphatic carbocycles. The second-order valence-electron chi connectivity index (χ2n) is 7.97. The third-order valence-electron chi connectivity index (χ3n) is 5.35. The van der Waals surface area contributed by atoms with Crippen LogP contribution in [0.3, 0.4) is 0 Å². The van der Waals surface area contributed by atoms with Crippen LogP contribution in [-0.4, -0.2) is 33.6 Å². The zero-order valence-electron chi connectivity index (χ0n) is 17.0. The zero-order valence-corrected chi connectivity index (χ0v) is 17.8. The third-order valence-corrected chi connectivity index (χ3v) is 6.79. The van der Waals surface area contributed by atoms with Crippen molar-refractivity contribution in [2.45, 2.75) is 37.8 Å². The Balaban J connectivity index is 1.76. The number of anilines is 2. The van der Waals surface area contributed by atoms with Gasteiger partial charge in [-0.05, 0) is 45.0 Å². The van der Waals surface area contributed by atoms with Gasteiger partial charge in [-0.15, -0.1) is 0 Å². The molecule has 0 amide bonds. The van der Waals surface area contributed by atoms with Crippen molar-refractivity contribution < 1.29 is 8.42 Å². The molecule has 3 aromatic rings. The summed E-state index contributed by atoms with van der Waals surface area (Å²) in [5, 5.41) is 5.24. The monoisotopic (exact) mass is 409 g/mol. The standard InChI is InChI=1S/C23H27N3O2S/c1-16-8-10-19(11-9-16)25-29(27,28)23-13-12-22(20-6-4-5-7-21(20)23)26-14-17(2)24-18(3)15-26/h4-13,17-18,24-25H,14-15H2,1-3H3. The van der Waals surface area contributed by atoms with Gasteiger partial charge < -0.3 is 10.2 Å². The fourth-order valence-electron chi connectivity index (χ4n) is 4.12. The molecule has 3 aromatic carbocycles. The molecule has 0 radical (unpaired) electrons. The van der Waals surface area contributed by atoms with Crippen molar-refractivity contribution in [2.75, 3.05) is 22.7 Å². The fourth-order valence-corrected chi connectivity index (χ4v) is 5.39. The first-order valence-electron chi connectivity index (χ1n) is 9.96. The number of benzene rings is 3. The van der Waals surface area contributed by atoms with Crippen molar-refractivity contribution in [1.29, 1.82) is 0 Å². The maximum absolute atomic E-state index is 13.2. The van der Waals surface area contributed by atoms with Crippen molar-refractivity contribution in [2.24, 2.45) is 0 Å². The van der Waals surface area contributed by atoms with E-state index in [1.54, 1.807) is 18.2 Å². The molecule has 2 unspecified atom stereocenters. The molecule has 1 aliphatic rings. The zero-order chi connectivity index (χ0) is 20.6. The van der Waals surface area contributed by atoms with Crippen LogP contribution in [0.25, 0.3) is 10.8 Å². The van der Waals surface area contributed by atoms with E-state index in [9.17, 15) is 8.42 Å². The summed E-state index contributed by atoms with van der Waals surface area (Å²) >= 11 is 0. The van der Waals surface area contributed by atoms with Gasteiger partial charge >= 0.3 is 0 Å². The molecule has 29 heavy (non-hydrogen) atoms. The highest BCUT2D eigenvalue weighted by Gasteiger charge is 2.25. The SMILES string of the molecule is Cc1ccc(NS(=O)(=O)c2ccc(N3CC(C)NC(C)C3)c3ccccc23)cc1. The van der Waals surface area contributed by atoms with E-state index >= 15 is 0 Å². The van der Waals surface area contributed by atoms with Gasteiger partial charge in [-0.1, -0.05) is 42.0 Å². The Hall–Kier alpha value is -2.57. The Bertz CT molecular complexity index is 1120. The van der Waals surface area contributed by atoms with Gasteiger partial charge in [0, 0.05) is 47.3 Å². The Morgan fingerprint density at radius 1 is 0.897 bits per heavy atom. The van der Waals surface area contributed by atoms with E-state index in [1.807, 2.05) is 49.4 Å². The Morgan fingerprint density at radius 2 is 1.52 bits per heavy atom. The number of aryl methyl sites for hydroxylation is 1. The van der Waals surface area contributed by atoms with E-state index in [0.717, 1.165) is 35.1 Å². The van der Waals surface area contributed by atoms with Crippen LogP contribution in [0.5, 0.6) is 0 Å². The number of nitrogens with one attached hydrogen (secondary N) is 2. The number of sulfonamides is 1. The smallest absolute Gasteiger partial charge is 0.262 e. The first kappa shape index (κ1) is 19.7. The second kappa shape index (κ2) is 7.69. The molecule has 6 heteroatoms. The van der Waals surface area contributed by atoms with Crippen molar-refractivity contribution >= 4 is 32.2 Å². The van der Waals surface area contributed by atoms with Crippen LogP contribution in [0.15, 0.2) is 65.6 Å². The lowest BCUT2D eigenvalue weighted by atomic mass is 10.1. The van der Waals surface area contributed by atoms with E-state index in [4.69, 9.17) is 0 Å². The minimum absolute atomic E-state index is 0.300. The lowest BCUT2D eigenvalue weighted by Crippen LogP contribution is -2.54. The fraction of sp³-hybridized carbons (Fsp3) is 0.304. The molecule has 0 spiro atoms. The largest absolute Gasteiger partial charge is 0.368 e. The lowest BCUT2D eigenvalue weighted by Gasteiger charge is -2.38. The summed E-state index contributed by atoms with van der Waals surface area (Å²) in [5.41, 5.74) is 2.73. The molecular formula is C23H27N3O2S. The maximum Gasteiger partial charge on any atom is 0.262 e. The predicted molar refractivity (Wildman–Crippen MR) is 120 cm³/mol. The molecule has 1 heterocycles. The number of piperazine rings is 1. The first-order chi connectivity index (χ1) is 13.8. The van der Waals surface area contributed by atoms with Crippen molar-refractivity contribution in [3.05, 3.63) is 66.2 Å². The Morgan fingerprint density at radius 3 is 2.17 bits per heavy atom. The Kier molecular flexibility index (Phi) is 5.23. The minimum Gasteiger partial charge on any atom is -0.368 e. The van der Waals surface area contributed by atoms with E-state index < -0.39 is 10.0 Å². The van der Waals surface area contributed by atoms with Crippen LogP contribution < -0.4 is 14.9 Å². The summed E-state index contributed by atoms with van der Waals surface area (Å²) in [6.07, 6.45) is 0. The third kappa shape index (κ3) is 4.09. The summed E-state index contributed by atoms with van der Waals surface area (Å²) in [4.78, 5) is 2.64. The molecule has 4 rings (SSSR count). The molecule has 0 bridgehead atoms. The van der Waals surface area contributed by atoms with Gasteiger partial charge in [0.25, 0.3) is 10.0 Å². The van der Waals surface area contributed by atoms with E-state index in [2.05, 4.69) is 28.8 Å². The van der Waals surface area contributed by atoms with Crippen molar-refractivity contribution in [3.63, 3.8) is 0 Å². The lowest BCUT2D eigenvalue weighted by molar-refractivity contribution is 0.407. The molecule has 2 atom stereocenters. The highest BCUT2D eigenvalue weighted by Crippen LogP contribution is 2.33. The van der Waals surface area contributed by atoms with Gasteiger partial charge in [-0.2, -0.15) is 0 Å². The number of rotatable bonds is 4. The highest BCUT2D eigenvalue weighted by atomic mass is 32.2. The van der Waals surface area contributed by atoms with E-state index in [1.165, 1.54) is 0 Å². The van der Waals surface area contributed by atoms with Gasteiger partial charge in [0.05, 0.1) is 4.90 Å². The Labute approximate surface area is 172 Å². The van der Waals surface area contributed by atoms with Crippen molar-refractivity contribution in [3.8, 4) is 0 Å². The summed E-state index contributed by atoms with van der Waals surface area (Å²) in [7, 11) is -3.70. The van der Waals surface area contributed by atoms with Gasteiger partial charge in [-0.25, -0.2) is 8.42 Å². The van der Waals surface area contributed by atoms with Gasteiger partial charge in [-0.3, -0.25) is 4.72 Å². The highest BCUT2D eigenvalue weighted by molar-refractivity contribution is 7.93. The van der Waals surface area contributed by atoms with Crippen LogP contribution in [0.1, 0.15) is 19.4 Å². The van der Waals surface area contributed by atoms with Gasteiger partial charge in [0.1, 0.15) is 0 Å². The first-order valence-corrected chi connectivity index (χ1v) is 11.4. The molecule has 5 nitrogen and oxygen atoms in total. The van der Waals surface area contributed by atoms with Crippen LogP contribution in [0, 0.1) is 6.92 Å². The molecule has 0 aromatic heterocycles. The van der Waals surface area contributed by atoms with Crippen LogP contribution in [0.4, 0.5) is 11.4 Å². The maximum atomic E-state index is 13.2. The van der Waals surface area contributed by atoms with Gasteiger partial charge in [0.15, 0.2) is 0 Å². The number of hydrogen-bond donors (Lipinski definition) is 2. The number of hydrogen-bond acceptors (Lipinski definition) is 4. The molecule has 152 valence electrons. The normalized spacial score (nSPS) is 20.0. The van der Waals surface area contributed by atoms with Crippen LogP contribution in [0.2, 0.25) is 0 Å². The molecule has 1 fully saturated rings. The van der Waals surface area contributed by atoms with Gasteiger partial charge in [0.2, 0.25) is 0 Å². The molecular weight excluding hydrogens is 382 g/mol. The van der Waals surface area contributed by atoms with E-state index in [-0.39, 0.29) is 0 Å².